The molecular formula is C22H22F3N7O3. The quantitative estimate of drug-likeness (QED) is 0.369. The fraction of sp³-hybridized carbons (Fsp3) is 0.318. The second-order valence-electron chi connectivity index (χ2n) is 8.58. The number of aromatic nitrogens is 6. The van der Waals surface area contributed by atoms with E-state index in [2.05, 4.69) is 35.5 Å². The summed E-state index contributed by atoms with van der Waals surface area (Å²) in [6.45, 7) is 3.94. The largest absolute Gasteiger partial charge is 0.462 e. The Hall–Kier alpha value is -4.16. The van der Waals surface area contributed by atoms with Gasteiger partial charge in [0, 0.05) is 40.7 Å². The first-order valence-electron chi connectivity index (χ1n) is 10.5. The molecule has 0 aliphatic rings. The maximum atomic E-state index is 13.6. The third-order valence-corrected chi connectivity index (χ3v) is 4.71. The zero-order chi connectivity index (χ0) is 25.2. The predicted octanol–water partition coefficient (Wildman–Crippen LogP) is 4.24. The lowest BCUT2D eigenvalue weighted by molar-refractivity contribution is -0.193. The van der Waals surface area contributed by atoms with E-state index in [9.17, 15) is 18.0 Å². The van der Waals surface area contributed by atoms with Crippen molar-refractivity contribution in [3.8, 4) is 28.3 Å². The van der Waals surface area contributed by atoms with Gasteiger partial charge in [0.25, 0.3) is 0 Å². The summed E-state index contributed by atoms with van der Waals surface area (Å²) in [5.41, 5.74) is 2.17. The summed E-state index contributed by atoms with van der Waals surface area (Å²) in [7, 11) is 0. The highest BCUT2D eigenvalue weighted by Crippen LogP contribution is 2.31. The van der Waals surface area contributed by atoms with Gasteiger partial charge >= 0.3 is 12.3 Å². The molecule has 0 aliphatic heterocycles. The molecule has 1 atom stereocenters. The van der Waals surface area contributed by atoms with Gasteiger partial charge in [-0.05, 0) is 26.8 Å². The second kappa shape index (κ2) is 9.24. The molecule has 1 unspecified atom stereocenters. The summed E-state index contributed by atoms with van der Waals surface area (Å²) in [5, 5.41) is 9.42. The highest BCUT2D eigenvalue weighted by Gasteiger charge is 2.42. The molecule has 0 spiro atoms. The van der Waals surface area contributed by atoms with Crippen LogP contribution in [0.1, 0.15) is 20.8 Å². The monoisotopic (exact) mass is 489 g/mol. The maximum absolute atomic E-state index is 13.6. The van der Waals surface area contributed by atoms with Crippen molar-refractivity contribution in [3.63, 3.8) is 0 Å². The van der Waals surface area contributed by atoms with Crippen LogP contribution in [0, 0.1) is 0 Å². The minimum absolute atomic E-state index is 0.279. The second-order valence-corrected chi connectivity index (χ2v) is 8.58. The smallest absolute Gasteiger partial charge is 0.427 e. The number of fused-ring (bicyclic) bond motifs is 1. The zero-order valence-corrected chi connectivity index (χ0v) is 19.0. The highest BCUT2D eigenvalue weighted by atomic mass is 19.4. The Kier molecular flexibility index (Phi) is 6.33. The summed E-state index contributed by atoms with van der Waals surface area (Å²) < 4.78 is 50.8. The minimum atomic E-state index is -4.78. The first kappa shape index (κ1) is 24.0. The molecule has 13 heteroatoms. The van der Waals surface area contributed by atoms with Crippen molar-refractivity contribution in [2.24, 2.45) is 0 Å². The zero-order valence-electron chi connectivity index (χ0n) is 19.0. The van der Waals surface area contributed by atoms with Crippen LogP contribution >= 0.6 is 0 Å². The van der Waals surface area contributed by atoms with Gasteiger partial charge in [0.15, 0.2) is 0 Å². The van der Waals surface area contributed by atoms with Crippen LogP contribution in [0.15, 0.2) is 43.2 Å². The molecule has 35 heavy (non-hydrogen) atoms. The van der Waals surface area contributed by atoms with Crippen molar-refractivity contribution in [2.45, 2.75) is 38.7 Å². The number of ether oxygens (including phenoxy) is 2. The topological polar surface area (TPSA) is 131 Å². The molecule has 184 valence electrons. The van der Waals surface area contributed by atoms with E-state index in [4.69, 9.17) is 9.47 Å². The maximum Gasteiger partial charge on any atom is 0.427 e. The van der Waals surface area contributed by atoms with Crippen molar-refractivity contribution in [3.05, 3.63) is 43.2 Å². The number of hydrogen-bond acceptors (Lipinski definition) is 7. The Morgan fingerprint density at radius 2 is 1.91 bits per heavy atom. The van der Waals surface area contributed by atoms with Crippen LogP contribution in [0.3, 0.4) is 0 Å². The van der Waals surface area contributed by atoms with E-state index in [1.807, 2.05) is 6.07 Å². The molecule has 0 radical (unpaired) electrons. The van der Waals surface area contributed by atoms with Crippen LogP contribution in [-0.2, 0) is 4.74 Å². The van der Waals surface area contributed by atoms with E-state index in [1.54, 1.807) is 45.6 Å². The molecule has 0 aliphatic carbocycles. The van der Waals surface area contributed by atoms with Crippen LogP contribution < -0.4 is 10.1 Å². The van der Waals surface area contributed by atoms with Crippen molar-refractivity contribution < 1.29 is 27.4 Å². The number of nitrogens with one attached hydrogen (secondary N) is 3. The van der Waals surface area contributed by atoms with Crippen LogP contribution in [0.5, 0.6) is 5.88 Å². The van der Waals surface area contributed by atoms with Gasteiger partial charge in [0.2, 0.25) is 12.0 Å². The molecule has 0 saturated heterocycles. The summed E-state index contributed by atoms with van der Waals surface area (Å²) in [5.74, 6) is -0.357. The summed E-state index contributed by atoms with van der Waals surface area (Å²) in [6, 6.07) is 1.86. The fourth-order valence-corrected chi connectivity index (χ4v) is 3.18. The van der Waals surface area contributed by atoms with Crippen molar-refractivity contribution in [2.75, 3.05) is 6.54 Å². The fourth-order valence-electron chi connectivity index (χ4n) is 3.18. The van der Waals surface area contributed by atoms with E-state index in [0.717, 1.165) is 17.3 Å². The molecule has 0 bridgehead atoms. The Labute approximate surface area is 197 Å². The minimum Gasteiger partial charge on any atom is -0.462 e. The molecule has 3 N–H and O–H groups in total. The number of nitrogens with zero attached hydrogens (tertiary/aromatic N) is 4. The average Bonchev–Trinajstić information content (AvgIpc) is 3.44. The Bertz CT molecular complexity index is 1310. The molecule has 4 aromatic heterocycles. The number of alkyl halides is 3. The van der Waals surface area contributed by atoms with Gasteiger partial charge < -0.3 is 19.8 Å². The number of rotatable bonds is 6. The van der Waals surface area contributed by atoms with Crippen LogP contribution in [-0.4, -0.2) is 60.7 Å². The Morgan fingerprint density at radius 3 is 2.60 bits per heavy atom. The lowest BCUT2D eigenvalue weighted by Crippen LogP contribution is -2.46. The SMILES string of the molecule is CC(C)(C)OC(=O)NCC(Oc1cncc(-c2c[nH]c3ncc(-c4cn[nH]c4)cc23)n1)C(F)(F)F. The number of pyridine rings is 1. The van der Waals surface area contributed by atoms with Gasteiger partial charge in [-0.3, -0.25) is 10.1 Å². The number of alkyl carbamates (subject to hydrolysis) is 1. The van der Waals surface area contributed by atoms with Crippen molar-refractivity contribution >= 4 is 17.1 Å². The van der Waals surface area contributed by atoms with E-state index in [0.29, 0.717) is 16.6 Å². The first-order chi connectivity index (χ1) is 16.5. The molecule has 0 fully saturated rings. The lowest BCUT2D eigenvalue weighted by Gasteiger charge is -2.23. The number of hydrogen-bond donors (Lipinski definition) is 3. The average molecular weight is 489 g/mol. The number of carbonyl (C=O) groups is 1. The van der Waals surface area contributed by atoms with Gasteiger partial charge in [-0.1, -0.05) is 0 Å². The van der Waals surface area contributed by atoms with Crippen LogP contribution in [0.2, 0.25) is 0 Å². The van der Waals surface area contributed by atoms with Crippen LogP contribution in [0.25, 0.3) is 33.4 Å². The van der Waals surface area contributed by atoms with Crippen LogP contribution in [0.4, 0.5) is 18.0 Å². The highest BCUT2D eigenvalue weighted by molar-refractivity contribution is 5.94. The number of aromatic amines is 2. The standard InChI is InChI=1S/C22H22F3N7O3/c1-21(2,3)35-20(33)29-10-17(22(23,24)25)34-18-11-26-9-16(32-18)15-8-28-19-14(15)4-12(5-27-19)13-6-30-31-7-13/h4-9,11,17H,10H2,1-3H3,(H,27,28)(H,29,33)(H,30,31). The number of amides is 1. The van der Waals surface area contributed by atoms with Crippen molar-refractivity contribution in [1.82, 2.24) is 35.5 Å². The van der Waals surface area contributed by atoms with E-state index >= 15 is 0 Å². The van der Waals surface area contributed by atoms with Gasteiger partial charge in [-0.25, -0.2) is 14.8 Å². The molecule has 1 amide bonds. The van der Waals surface area contributed by atoms with Crippen molar-refractivity contribution in [1.29, 1.82) is 0 Å². The Balaban J connectivity index is 1.56. The summed E-state index contributed by atoms with van der Waals surface area (Å²) in [4.78, 5) is 27.4. The van der Waals surface area contributed by atoms with Gasteiger partial charge in [0.1, 0.15) is 11.2 Å². The number of carbonyl (C=O) groups excluding carboxylic acids is 1. The van der Waals surface area contributed by atoms with Gasteiger partial charge in [-0.15, -0.1) is 0 Å². The lowest BCUT2D eigenvalue weighted by atomic mass is 10.1. The van der Waals surface area contributed by atoms with E-state index < -0.39 is 30.5 Å². The van der Waals surface area contributed by atoms with Gasteiger partial charge in [0.05, 0.1) is 30.8 Å². The predicted molar refractivity (Wildman–Crippen MR) is 119 cm³/mol. The summed E-state index contributed by atoms with van der Waals surface area (Å²) >= 11 is 0. The molecular weight excluding hydrogens is 467 g/mol. The first-order valence-corrected chi connectivity index (χ1v) is 10.5. The third kappa shape index (κ3) is 5.86. The van der Waals surface area contributed by atoms with E-state index in [-0.39, 0.29) is 11.6 Å². The number of halogens is 3. The Morgan fingerprint density at radius 1 is 1.11 bits per heavy atom. The molecule has 4 heterocycles. The van der Waals surface area contributed by atoms with E-state index in [1.165, 1.54) is 6.20 Å². The summed E-state index contributed by atoms with van der Waals surface area (Å²) in [6.07, 6.45) is 1.00. The third-order valence-electron chi connectivity index (χ3n) is 4.71. The molecule has 0 aromatic carbocycles. The molecule has 4 aromatic rings. The van der Waals surface area contributed by atoms with Gasteiger partial charge in [-0.2, -0.15) is 18.3 Å². The normalized spacial score (nSPS) is 13.0. The number of H-pyrrole nitrogens is 2. The molecule has 4 rings (SSSR count). The molecule has 0 saturated carbocycles. The molecule has 10 nitrogen and oxygen atoms in total.